The van der Waals surface area contributed by atoms with E-state index in [4.69, 9.17) is 5.11 Å². The molecule has 2 heteroatoms. The molecule has 0 spiro atoms. The van der Waals surface area contributed by atoms with Crippen LogP contribution in [-0.4, -0.2) is 17.4 Å². The zero-order chi connectivity index (χ0) is 9.61. The molecule has 1 N–H and O–H groups in total. The quantitative estimate of drug-likeness (QED) is 0.651. The van der Waals surface area contributed by atoms with E-state index in [9.17, 15) is 4.39 Å². The van der Waals surface area contributed by atoms with Gasteiger partial charge in [-0.05, 0) is 38.5 Å². The minimum atomic E-state index is -0.953. The fourth-order valence-corrected chi connectivity index (χ4v) is 1.46. The Morgan fingerprint density at radius 1 is 1.33 bits per heavy atom. The molecule has 0 saturated heterocycles. The lowest BCUT2D eigenvalue weighted by molar-refractivity contribution is 0.0798. The zero-order valence-corrected chi connectivity index (χ0v) is 8.44. The highest BCUT2D eigenvalue weighted by Crippen LogP contribution is 2.34. The molecule has 1 aliphatic carbocycles. The molecule has 0 amide bonds. The van der Waals surface area contributed by atoms with E-state index in [2.05, 4.69) is 0 Å². The van der Waals surface area contributed by atoms with E-state index in [1.165, 1.54) is 0 Å². The van der Waals surface area contributed by atoms with E-state index in [0.29, 0.717) is 18.8 Å². The van der Waals surface area contributed by atoms with Crippen molar-refractivity contribution in [3.8, 4) is 0 Å². The normalized spacial score (nSPS) is 35.2. The van der Waals surface area contributed by atoms with Gasteiger partial charge in [0.25, 0.3) is 0 Å². The maximum absolute atomic E-state index is 13.1. The monoisotopic (exact) mass is 176 g/mol. The molecular formula is C10H21FO. The van der Waals surface area contributed by atoms with Gasteiger partial charge in [0.15, 0.2) is 0 Å². The Bertz CT molecular complexity index is 102. The minimum absolute atomic E-state index is 0.232. The van der Waals surface area contributed by atoms with E-state index in [0.717, 1.165) is 12.8 Å². The number of rotatable bonds is 1. The average Bonchev–Trinajstić information content (AvgIpc) is 2.08. The summed E-state index contributed by atoms with van der Waals surface area (Å²) in [5.41, 5.74) is -0.953. The molecule has 1 aliphatic rings. The Balaban J connectivity index is 0.000000561. The summed E-state index contributed by atoms with van der Waals surface area (Å²) in [6.07, 6.45) is 2.95. The van der Waals surface area contributed by atoms with Crippen molar-refractivity contribution in [2.45, 2.75) is 52.1 Å². The highest BCUT2D eigenvalue weighted by atomic mass is 19.1. The summed E-state index contributed by atoms with van der Waals surface area (Å²) < 4.78 is 13.1. The van der Waals surface area contributed by atoms with Crippen LogP contribution in [0.2, 0.25) is 0 Å². The van der Waals surface area contributed by atoms with Gasteiger partial charge in [0, 0.05) is 6.61 Å². The van der Waals surface area contributed by atoms with Crippen molar-refractivity contribution in [1.82, 2.24) is 0 Å². The first-order chi connectivity index (χ1) is 5.64. The van der Waals surface area contributed by atoms with Crippen molar-refractivity contribution >= 4 is 0 Å². The van der Waals surface area contributed by atoms with Crippen LogP contribution in [0.4, 0.5) is 4.39 Å². The lowest BCUT2D eigenvalue weighted by Crippen LogP contribution is -2.27. The summed E-state index contributed by atoms with van der Waals surface area (Å²) in [5.74, 6) is 0.365. The molecule has 1 fully saturated rings. The zero-order valence-electron chi connectivity index (χ0n) is 8.44. The molecule has 0 aromatic carbocycles. The number of halogens is 1. The smallest absolute Gasteiger partial charge is 0.108 e. The molecule has 1 rings (SSSR count). The van der Waals surface area contributed by atoms with Gasteiger partial charge in [0.05, 0.1) is 0 Å². The molecule has 12 heavy (non-hydrogen) atoms. The number of hydrogen-bond acceptors (Lipinski definition) is 1. The van der Waals surface area contributed by atoms with Crippen LogP contribution in [0.15, 0.2) is 0 Å². The van der Waals surface area contributed by atoms with Gasteiger partial charge in [0.1, 0.15) is 5.67 Å². The van der Waals surface area contributed by atoms with Gasteiger partial charge in [-0.3, -0.25) is 0 Å². The summed E-state index contributed by atoms with van der Waals surface area (Å²) in [5, 5.41) is 8.74. The van der Waals surface area contributed by atoms with E-state index in [1.807, 2.05) is 13.8 Å². The Morgan fingerprint density at radius 3 is 2.08 bits per heavy atom. The number of aliphatic hydroxyl groups is 1. The van der Waals surface area contributed by atoms with Crippen molar-refractivity contribution in [1.29, 1.82) is 0 Å². The van der Waals surface area contributed by atoms with Gasteiger partial charge in [0.2, 0.25) is 0 Å². The predicted molar refractivity (Wildman–Crippen MR) is 49.9 cm³/mol. The maximum Gasteiger partial charge on any atom is 0.108 e. The fraction of sp³-hybridized carbons (Fsp3) is 1.00. The molecule has 0 unspecified atom stereocenters. The van der Waals surface area contributed by atoms with E-state index < -0.39 is 5.67 Å². The molecule has 0 atom stereocenters. The third-order valence-corrected chi connectivity index (χ3v) is 2.41. The van der Waals surface area contributed by atoms with Crippen molar-refractivity contribution in [3.63, 3.8) is 0 Å². The van der Waals surface area contributed by atoms with Gasteiger partial charge in [-0.1, -0.05) is 13.8 Å². The van der Waals surface area contributed by atoms with Crippen LogP contribution in [-0.2, 0) is 0 Å². The third kappa shape index (κ3) is 4.05. The molecule has 0 bridgehead atoms. The summed E-state index contributed by atoms with van der Waals surface area (Å²) >= 11 is 0. The largest absolute Gasteiger partial charge is 0.396 e. The van der Waals surface area contributed by atoms with Crippen molar-refractivity contribution in [3.05, 3.63) is 0 Å². The van der Waals surface area contributed by atoms with Crippen LogP contribution in [0, 0.1) is 5.92 Å². The first-order valence-electron chi connectivity index (χ1n) is 4.94. The highest BCUT2D eigenvalue weighted by molar-refractivity contribution is 4.81. The van der Waals surface area contributed by atoms with E-state index >= 15 is 0 Å². The standard InChI is InChI=1S/C8H15FO.C2H6/c1-8(9)4-2-7(6-10)3-5-8;1-2/h7,10H,2-6H2,1H3;1-2H3. The molecule has 0 aromatic heterocycles. The lowest BCUT2D eigenvalue weighted by Gasteiger charge is -2.29. The summed E-state index contributed by atoms with van der Waals surface area (Å²) in [6, 6.07) is 0. The van der Waals surface area contributed by atoms with Crippen LogP contribution in [0.1, 0.15) is 46.5 Å². The van der Waals surface area contributed by atoms with Crippen LogP contribution >= 0.6 is 0 Å². The Kier molecular flexibility index (Phi) is 5.47. The fourth-order valence-electron chi connectivity index (χ4n) is 1.46. The van der Waals surface area contributed by atoms with E-state index in [-0.39, 0.29) is 6.61 Å². The number of alkyl halides is 1. The van der Waals surface area contributed by atoms with Gasteiger partial charge in [-0.25, -0.2) is 4.39 Å². The maximum atomic E-state index is 13.1. The van der Waals surface area contributed by atoms with Crippen LogP contribution in [0.3, 0.4) is 0 Å². The van der Waals surface area contributed by atoms with E-state index in [1.54, 1.807) is 6.92 Å². The summed E-state index contributed by atoms with van der Waals surface area (Å²) in [7, 11) is 0. The van der Waals surface area contributed by atoms with Gasteiger partial charge < -0.3 is 5.11 Å². The van der Waals surface area contributed by atoms with Gasteiger partial charge >= 0.3 is 0 Å². The summed E-state index contributed by atoms with van der Waals surface area (Å²) in [4.78, 5) is 0. The molecule has 0 aliphatic heterocycles. The molecule has 0 heterocycles. The van der Waals surface area contributed by atoms with Crippen LogP contribution in [0.5, 0.6) is 0 Å². The second kappa shape index (κ2) is 5.52. The highest BCUT2D eigenvalue weighted by Gasteiger charge is 2.29. The molecular weight excluding hydrogens is 155 g/mol. The molecule has 0 aromatic rings. The second-order valence-corrected chi connectivity index (χ2v) is 3.54. The van der Waals surface area contributed by atoms with Crippen LogP contribution < -0.4 is 0 Å². The van der Waals surface area contributed by atoms with Gasteiger partial charge in [-0.2, -0.15) is 0 Å². The average molecular weight is 176 g/mol. The topological polar surface area (TPSA) is 20.2 Å². The van der Waals surface area contributed by atoms with Crippen molar-refractivity contribution < 1.29 is 9.50 Å². The molecule has 1 saturated carbocycles. The van der Waals surface area contributed by atoms with Crippen molar-refractivity contribution in [2.24, 2.45) is 5.92 Å². The predicted octanol–water partition coefficient (Wildman–Crippen LogP) is 2.92. The third-order valence-electron chi connectivity index (χ3n) is 2.41. The lowest BCUT2D eigenvalue weighted by atomic mass is 9.81. The minimum Gasteiger partial charge on any atom is -0.396 e. The number of hydrogen-bond donors (Lipinski definition) is 1. The summed E-state index contributed by atoms with van der Waals surface area (Å²) in [6.45, 7) is 5.89. The second-order valence-electron chi connectivity index (χ2n) is 3.54. The Morgan fingerprint density at radius 2 is 1.75 bits per heavy atom. The van der Waals surface area contributed by atoms with Crippen LogP contribution in [0.25, 0.3) is 0 Å². The number of aliphatic hydroxyl groups excluding tert-OH is 1. The van der Waals surface area contributed by atoms with Crippen molar-refractivity contribution in [2.75, 3.05) is 6.61 Å². The Hall–Kier alpha value is -0.110. The Labute approximate surface area is 75.0 Å². The first kappa shape index (κ1) is 11.9. The SMILES string of the molecule is CC.CC1(F)CCC(CO)CC1. The van der Waals surface area contributed by atoms with Gasteiger partial charge in [-0.15, -0.1) is 0 Å². The molecule has 74 valence electrons. The molecule has 0 radical (unpaired) electrons. The first-order valence-corrected chi connectivity index (χ1v) is 4.94. The molecule has 1 nitrogen and oxygen atoms in total.